The zero-order valence-corrected chi connectivity index (χ0v) is 15.6. The van der Waals surface area contributed by atoms with Crippen molar-refractivity contribution in [3.8, 4) is 5.75 Å². The number of methoxy groups -OCH3 is 1. The molecule has 0 bridgehead atoms. The number of nitro benzene ring substituents is 1. The number of piperidine rings is 1. The topological polar surface area (TPSA) is 105 Å². The van der Waals surface area contributed by atoms with Crippen LogP contribution in [0, 0.1) is 10.1 Å². The summed E-state index contributed by atoms with van der Waals surface area (Å²) in [6.07, 6.45) is 7.86. The fourth-order valence-corrected chi connectivity index (χ4v) is 3.58. The van der Waals surface area contributed by atoms with Gasteiger partial charge in [0.25, 0.3) is 0 Å². The van der Waals surface area contributed by atoms with E-state index in [0.717, 1.165) is 18.5 Å². The van der Waals surface area contributed by atoms with E-state index in [1.807, 2.05) is 0 Å². The lowest BCUT2D eigenvalue weighted by Gasteiger charge is -2.38. The number of amides is 1. The largest absolute Gasteiger partial charge is 0.490 e. The van der Waals surface area contributed by atoms with Gasteiger partial charge in [0.05, 0.1) is 18.3 Å². The van der Waals surface area contributed by atoms with Crippen LogP contribution in [-0.2, 0) is 11.2 Å². The Kier molecular flexibility index (Phi) is 6.15. The lowest BCUT2D eigenvalue weighted by molar-refractivity contribution is -0.385. The number of aliphatic hydroxyl groups excluding tert-OH is 1. The number of nitrogens with zero attached hydrogens (tertiary/aromatic N) is 3. The second-order valence-electron chi connectivity index (χ2n) is 6.56. The predicted molar refractivity (Wildman–Crippen MR) is 102 cm³/mol. The molecule has 0 aromatic heterocycles. The number of anilines is 1. The summed E-state index contributed by atoms with van der Waals surface area (Å²) < 4.78 is 10.2. The van der Waals surface area contributed by atoms with E-state index in [1.54, 1.807) is 29.3 Å². The molecule has 3 rings (SSSR count). The van der Waals surface area contributed by atoms with Crippen molar-refractivity contribution in [2.75, 3.05) is 31.7 Å². The van der Waals surface area contributed by atoms with Gasteiger partial charge in [0.2, 0.25) is 0 Å². The zero-order valence-electron chi connectivity index (χ0n) is 15.6. The number of carbonyl (C=O) groups excluding carboxylic acids is 1. The summed E-state index contributed by atoms with van der Waals surface area (Å²) in [6, 6.07) is 3.14. The van der Waals surface area contributed by atoms with E-state index in [2.05, 4.69) is 4.90 Å². The molecule has 1 aromatic carbocycles. The van der Waals surface area contributed by atoms with Gasteiger partial charge >= 0.3 is 11.8 Å². The van der Waals surface area contributed by atoms with Crippen molar-refractivity contribution in [3.63, 3.8) is 0 Å². The van der Waals surface area contributed by atoms with Gasteiger partial charge in [-0.25, -0.2) is 4.79 Å². The zero-order chi connectivity index (χ0) is 20.1. The first-order valence-corrected chi connectivity index (χ1v) is 9.08. The average molecular weight is 389 g/mol. The molecule has 28 heavy (non-hydrogen) atoms. The molecule has 0 aliphatic carbocycles. The smallest absolute Gasteiger partial charge is 0.418 e. The van der Waals surface area contributed by atoms with E-state index < -0.39 is 11.0 Å². The highest BCUT2D eigenvalue weighted by molar-refractivity contribution is 5.71. The summed E-state index contributed by atoms with van der Waals surface area (Å²) in [5.74, 6) is 0.189. The van der Waals surface area contributed by atoms with E-state index in [1.165, 1.54) is 19.4 Å². The second kappa shape index (κ2) is 8.75. The predicted octanol–water partition coefficient (Wildman–Crippen LogP) is 2.59. The first-order valence-electron chi connectivity index (χ1n) is 9.08. The fourth-order valence-electron chi connectivity index (χ4n) is 3.58. The van der Waals surface area contributed by atoms with Gasteiger partial charge in [-0.3, -0.25) is 15.0 Å². The molecular formula is C19H23N3O6. The van der Waals surface area contributed by atoms with Gasteiger partial charge in [0.1, 0.15) is 0 Å². The van der Waals surface area contributed by atoms with Gasteiger partial charge in [0.15, 0.2) is 5.75 Å². The monoisotopic (exact) mass is 389 g/mol. The van der Waals surface area contributed by atoms with Gasteiger partial charge in [-0.15, -0.1) is 0 Å². The van der Waals surface area contributed by atoms with Crippen LogP contribution in [-0.4, -0.2) is 53.9 Å². The van der Waals surface area contributed by atoms with E-state index in [0.29, 0.717) is 25.1 Å². The Bertz CT molecular complexity index is 799. The molecule has 9 nitrogen and oxygen atoms in total. The molecule has 1 aromatic rings. The molecule has 9 heteroatoms. The lowest BCUT2D eigenvalue weighted by Crippen LogP contribution is -2.45. The quantitative estimate of drug-likeness (QED) is 0.589. The molecule has 2 heterocycles. The second-order valence-corrected chi connectivity index (χ2v) is 6.56. The summed E-state index contributed by atoms with van der Waals surface area (Å²) in [5, 5.41) is 20.7. The molecule has 2 aliphatic rings. The summed E-state index contributed by atoms with van der Waals surface area (Å²) >= 11 is 0. The Morgan fingerprint density at radius 1 is 1.32 bits per heavy atom. The van der Waals surface area contributed by atoms with Crippen molar-refractivity contribution in [2.45, 2.75) is 25.3 Å². The third-order valence-corrected chi connectivity index (χ3v) is 4.97. The number of allylic oxidation sites excluding steroid dienone is 2. The van der Waals surface area contributed by atoms with Crippen LogP contribution < -0.4 is 9.64 Å². The van der Waals surface area contributed by atoms with Gasteiger partial charge in [-0.05, 0) is 37.0 Å². The Morgan fingerprint density at radius 2 is 2.07 bits per heavy atom. The van der Waals surface area contributed by atoms with Gasteiger partial charge in [-0.2, -0.15) is 0 Å². The summed E-state index contributed by atoms with van der Waals surface area (Å²) in [7, 11) is 1.40. The molecule has 1 fully saturated rings. The Morgan fingerprint density at radius 3 is 2.71 bits per heavy atom. The SMILES string of the molecule is COc1cc(N2CCC(N3C=CC=COC3=O)CC2)c(CCO)cc1[N+](=O)[O-]. The number of benzene rings is 1. The van der Waals surface area contributed by atoms with Crippen LogP contribution in [0.1, 0.15) is 18.4 Å². The molecule has 0 atom stereocenters. The van der Waals surface area contributed by atoms with Crippen LogP contribution >= 0.6 is 0 Å². The highest BCUT2D eigenvalue weighted by Gasteiger charge is 2.30. The molecule has 0 radical (unpaired) electrons. The third-order valence-electron chi connectivity index (χ3n) is 4.97. The van der Waals surface area contributed by atoms with Crippen molar-refractivity contribution in [3.05, 3.63) is 52.4 Å². The summed E-state index contributed by atoms with van der Waals surface area (Å²) in [4.78, 5) is 26.6. The van der Waals surface area contributed by atoms with Crippen LogP contribution in [0.2, 0.25) is 0 Å². The molecule has 2 aliphatic heterocycles. The number of cyclic esters (lactones) is 1. The summed E-state index contributed by atoms with van der Waals surface area (Å²) in [6.45, 7) is 1.22. The number of ether oxygens (including phenoxy) is 2. The van der Waals surface area contributed by atoms with Gasteiger partial charge in [-0.1, -0.05) is 0 Å². The minimum atomic E-state index is -0.485. The van der Waals surface area contributed by atoms with E-state index in [9.17, 15) is 20.0 Å². The minimum Gasteiger partial charge on any atom is -0.490 e. The average Bonchev–Trinajstić information content (AvgIpc) is 2.92. The number of nitro groups is 1. The van der Waals surface area contributed by atoms with Crippen molar-refractivity contribution < 1.29 is 24.3 Å². The molecule has 0 unspecified atom stereocenters. The van der Waals surface area contributed by atoms with Gasteiger partial charge < -0.3 is 19.5 Å². The normalized spacial score (nSPS) is 17.4. The van der Waals surface area contributed by atoms with E-state index in [-0.39, 0.29) is 24.1 Å². The van der Waals surface area contributed by atoms with Crippen LogP contribution in [0.25, 0.3) is 0 Å². The number of hydrogen-bond acceptors (Lipinski definition) is 7. The molecule has 1 amide bonds. The maximum absolute atomic E-state index is 12.1. The number of rotatable bonds is 6. The fraction of sp³-hybridized carbons (Fsp3) is 0.421. The van der Waals surface area contributed by atoms with Crippen molar-refractivity contribution in [1.29, 1.82) is 0 Å². The lowest BCUT2D eigenvalue weighted by atomic mass is 10.0. The van der Waals surface area contributed by atoms with Crippen molar-refractivity contribution >= 4 is 17.5 Å². The number of aliphatic hydroxyl groups is 1. The standard InChI is InChI=1S/C19H23N3O6/c1-27-18-13-16(14(6-10-23)12-17(18)22(25)26)20-8-4-15(5-9-20)21-7-2-3-11-28-19(21)24/h2-3,7,11-13,15,23H,4-6,8-10H2,1H3. The Labute approximate surface area is 162 Å². The van der Waals surface area contributed by atoms with E-state index in [4.69, 9.17) is 9.47 Å². The molecule has 1 saturated heterocycles. The summed E-state index contributed by atoms with van der Waals surface area (Å²) in [5.41, 5.74) is 1.40. The molecule has 0 spiro atoms. The number of hydrogen-bond donors (Lipinski definition) is 1. The van der Waals surface area contributed by atoms with Crippen LogP contribution in [0.4, 0.5) is 16.2 Å². The van der Waals surface area contributed by atoms with E-state index >= 15 is 0 Å². The molecule has 0 saturated carbocycles. The first kappa shape index (κ1) is 19.7. The molecule has 150 valence electrons. The maximum Gasteiger partial charge on any atom is 0.418 e. The highest BCUT2D eigenvalue weighted by atomic mass is 16.6. The van der Waals surface area contributed by atoms with Crippen LogP contribution in [0.5, 0.6) is 5.75 Å². The third kappa shape index (κ3) is 4.09. The van der Waals surface area contributed by atoms with Gasteiger partial charge in [0, 0.05) is 49.8 Å². The molecular weight excluding hydrogens is 366 g/mol. The van der Waals surface area contributed by atoms with Crippen molar-refractivity contribution in [2.24, 2.45) is 0 Å². The number of carbonyl (C=O) groups is 1. The van der Waals surface area contributed by atoms with Crippen LogP contribution in [0.3, 0.4) is 0 Å². The maximum atomic E-state index is 12.1. The Hall–Kier alpha value is -3.07. The molecule has 1 N–H and O–H groups in total. The Balaban J connectivity index is 1.79. The first-order chi connectivity index (χ1) is 13.5. The minimum absolute atomic E-state index is 0.0149. The van der Waals surface area contributed by atoms with Crippen LogP contribution in [0.15, 0.2) is 36.7 Å². The highest BCUT2D eigenvalue weighted by Crippen LogP contribution is 2.36. The van der Waals surface area contributed by atoms with Crippen molar-refractivity contribution in [1.82, 2.24) is 4.90 Å².